The Morgan fingerprint density at radius 1 is 1.10 bits per heavy atom. The van der Waals surface area contributed by atoms with E-state index in [1.54, 1.807) is 0 Å². The lowest BCUT2D eigenvalue weighted by molar-refractivity contribution is -0.149. The summed E-state index contributed by atoms with van der Waals surface area (Å²) in [5, 5.41) is 0. The summed E-state index contributed by atoms with van der Waals surface area (Å²) in [6.07, 6.45) is -4.10. The molecule has 0 amide bonds. The van der Waals surface area contributed by atoms with Crippen LogP contribution in [-0.4, -0.2) is 48.7 Å². The first kappa shape index (κ1) is 15.8. The van der Waals surface area contributed by atoms with Gasteiger partial charge in [-0.3, -0.25) is 9.80 Å². The monoisotopic (exact) mass is 350 g/mol. The summed E-state index contributed by atoms with van der Waals surface area (Å²) < 4.78 is 38.0. The van der Waals surface area contributed by atoms with E-state index in [1.165, 1.54) is 16.0 Å². The lowest BCUT2D eigenvalue weighted by Crippen LogP contribution is -2.48. The summed E-state index contributed by atoms with van der Waals surface area (Å²) in [6.45, 7) is 4.32. The van der Waals surface area contributed by atoms with Gasteiger partial charge in [-0.05, 0) is 24.1 Å². The van der Waals surface area contributed by atoms with Gasteiger partial charge < -0.3 is 0 Å². The summed E-state index contributed by atoms with van der Waals surface area (Å²) >= 11 is 3.54. The zero-order valence-electron chi connectivity index (χ0n) is 11.4. The second-order valence-corrected chi connectivity index (χ2v) is 6.12. The van der Waals surface area contributed by atoms with E-state index in [1.807, 2.05) is 6.92 Å². The van der Waals surface area contributed by atoms with E-state index >= 15 is 0 Å². The zero-order chi connectivity index (χ0) is 14.8. The van der Waals surface area contributed by atoms with Crippen molar-refractivity contribution >= 4 is 15.9 Å². The van der Waals surface area contributed by atoms with Gasteiger partial charge in [-0.25, -0.2) is 0 Å². The minimum Gasteiger partial charge on any atom is -0.297 e. The molecule has 0 aliphatic carbocycles. The molecular weight excluding hydrogens is 333 g/mol. The molecule has 20 heavy (non-hydrogen) atoms. The van der Waals surface area contributed by atoms with Crippen LogP contribution in [0, 0.1) is 6.92 Å². The molecule has 1 fully saturated rings. The third-order valence-corrected chi connectivity index (χ3v) is 4.21. The molecule has 1 aromatic rings. The van der Waals surface area contributed by atoms with E-state index in [9.17, 15) is 13.2 Å². The molecule has 1 aliphatic rings. The standard InChI is InChI=1S/C14H18BrF3N2/c1-11-2-3-12(13(15)8-11)9-19-4-6-20(7-5-19)10-14(16,17)18/h2-3,8H,4-7,9-10H2,1H3. The largest absolute Gasteiger partial charge is 0.401 e. The normalized spacial score (nSPS) is 18.4. The Kier molecular flexibility index (Phi) is 5.09. The molecule has 0 radical (unpaired) electrons. The van der Waals surface area contributed by atoms with Gasteiger partial charge in [-0.1, -0.05) is 28.1 Å². The number of hydrogen-bond donors (Lipinski definition) is 0. The number of nitrogens with zero attached hydrogens (tertiary/aromatic N) is 2. The maximum absolute atomic E-state index is 12.3. The Balaban J connectivity index is 1.85. The average Bonchev–Trinajstić information content (AvgIpc) is 2.33. The van der Waals surface area contributed by atoms with Crippen LogP contribution in [0.5, 0.6) is 0 Å². The van der Waals surface area contributed by atoms with Crippen molar-refractivity contribution in [3.05, 3.63) is 33.8 Å². The first-order valence-corrected chi connectivity index (χ1v) is 7.39. The molecule has 0 atom stereocenters. The summed E-state index contributed by atoms with van der Waals surface area (Å²) in [5.41, 5.74) is 2.37. The average molecular weight is 351 g/mol. The second kappa shape index (κ2) is 6.45. The summed E-state index contributed by atoms with van der Waals surface area (Å²) in [6, 6.07) is 6.19. The number of rotatable bonds is 3. The molecule has 112 valence electrons. The van der Waals surface area contributed by atoms with Crippen LogP contribution >= 0.6 is 15.9 Å². The lowest BCUT2D eigenvalue weighted by Gasteiger charge is -2.35. The Hall–Kier alpha value is -0.590. The molecule has 1 heterocycles. The van der Waals surface area contributed by atoms with Crippen LogP contribution in [0.1, 0.15) is 11.1 Å². The van der Waals surface area contributed by atoms with Crippen LogP contribution in [0.4, 0.5) is 13.2 Å². The van der Waals surface area contributed by atoms with Gasteiger partial charge >= 0.3 is 6.18 Å². The van der Waals surface area contributed by atoms with Gasteiger partial charge in [0.2, 0.25) is 0 Å². The molecule has 2 rings (SSSR count). The van der Waals surface area contributed by atoms with Crippen molar-refractivity contribution in [2.24, 2.45) is 0 Å². The Bertz CT molecular complexity index is 454. The molecule has 1 aromatic carbocycles. The van der Waals surface area contributed by atoms with Crippen LogP contribution in [0.3, 0.4) is 0 Å². The highest BCUT2D eigenvalue weighted by molar-refractivity contribution is 9.10. The van der Waals surface area contributed by atoms with Gasteiger partial charge in [-0.15, -0.1) is 0 Å². The molecule has 6 heteroatoms. The highest BCUT2D eigenvalue weighted by Crippen LogP contribution is 2.21. The van der Waals surface area contributed by atoms with Crippen LogP contribution in [-0.2, 0) is 6.54 Å². The molecule has 2 nitrogen and oxygen atoms in total. The molecular formula is C14H18BrF3N2. The molecule has 1 saturated heterocycles. The van der Waals surface area contributed by atoms with Crippen molar-refractivity contribution in [2.75, 3.05) is 32.7 Å². The van der Waals surface area contributed by atoms with E-state index in [4.69, 9.17) is 0 Å². The van der Waals surface area contributed by atoms with Crippen molar-refractivity contribution < 1.29 is 13.2 Å². The second-order valence-electron chi connectivity index (χ2n) is 5.26. The number of benzene rings is 1. The van der Waals surface area contributed by atoms with E-state index in [2.05, 4.69) is 39.0 Å². The highest BCUT2D eigenvalue weighted by Gasteiger charge is 2.32. The fourth-order valence-corrected chi connectivity index (χ4v) is 3.00. The number of halogens is 4. The SMILES string of the molecule is Cc1ccc(CN2CCN(CC(F)(F)F)CC2)c(Br)c1. The van der Waals surface area contributed by atoms with Gasteiger partial charge in [0.15, 0.2) is 0 Å². The van der Waals surface area contributed by atoms with Crippen LogP contribution in [0.15, 0.2) is 22.7 Å². The van der Waals surface area contributed by atoms with Gasteiger partial charge in [-0.2, -0.15) is 13.2 Å². The number of hydrogen-bond acceptors (Lipinski definition) is 2. The fourth-order valence-electron chi connectivity index (χ4n) is 2.38. The molecule has 0 saturated carbocycles. The van der Waals surface area contributed by atoms with E-state index < -0.39 is 12.7 Å². The van der Waals surface area contributed by atoms with Crippen molar-refractivity contribution in [1.82, 2.24) is 9.80 Å². The highest BCUT2D eigenvalue weighted by atomic mass is 79.9. The van der Waals surface area contributed by atoms with Gasteiger partial charge in [0.05, 0.1) is 6.54 Å². The lowest BCUT2D eigenvalue weighted by atomic mass is 10.1. The van der Waals surface area contributed by atoms with Gasteiger partial charge in [0.1, 0.15) is 0 Å². The number of aryl methyl sites for hydroxylation is 1. The van der Waals surface area contributed by atoms with Crippen molar-refractivity contribution in [1.29, 1.82) is 0 Å². The van der Waals surface area contributed by atoms with E-state index in [0.717, 1.165) is 11.0 Å². The minimum absolute atomic E-state index is 0.475. The molecule has 0 spiro atoms. The molecule has 0 bridgehead atoms. The summed E-state index contributed by atoms with van der Waals surface area (Å²) in [4.78, 5) is 3.67. The molecule has 1 aliphatic heterocycles. The Morgan fingerprint density at radius 3 is 2.25 bits per heavy atom. The quantitative estimate of drug-likeness (QED) is 0.823. The summed E-state index contributed by atoms with van der Waals surface area (Å²) in [5.74, 6) is 0. The Labute approximate surface area is 125 Å². The molecule has 0 aromatic heterocycles. The maximum Gasteiger partial charge on any atom is 0.401 e. The fraction of sp³-hybridized carbons (Fsp3) is 0.571. The third-order valence-electron chi connectivity index (χ3n) is 3.47. The zero-order valence-corrected chi connectivity index (χ0v) is 13.0. The predicted octanol–water partition coefficient (Wildman–Crippen LogP) is 3.44. The van der Waals surface area contributed by atoms with Crippen molar-refractivity contribution in [3.63, 3.8) is 0 Å². The van der Waals surface area contributed by atoms with Crippen LogP contribution in [0.2, 0.25) is 0 Å². The van der Waals surface area contributed by atoms with Crippen molar-refractivity contribution in [2.45, 2.75) is 19.6 Å². The molecule has 0 N–H and O–H groups in total. The van der Waals surface area contributed by atoms with Gasteiger partial charge in [0, 0.05) is 37.2 Å². The summed E-state index contributed by atoms with van der Waals surface area (Å²) in [7, 11) is 0. The Morgan fingerprint density at radius 2 is 1.70 bits per heavy atom. The number of piperazine rings is 1. The van der Waals surface area contributed by atoms with Crippen molar-refractivity contribution in [3.8, 4) is 0 Å². The first-order valence-electron chi connectivity index (χ1n) is 6.60. The predicted molar refractivity (Wildman–Crippen MR) is 76.7 cm³/mol. The molecule has 0 unspecified atom stereocenters. The van der Waals surface area contributed by atoms with E-state index in [0.29, 0.717) is 26.2 Å². The number of alkyl halides is 3. The third kappa shape index (κ3) is 4.75. The first-order chi connectivity index (χ1) is 9.33. The van der Waals surface area contributed by atoms with Gasteiger partial charge in [0.25, 0.3) is 0 Å². The smallest absolute Gasteiger partial charge is 0.297 e. The van der Waals surface area contributed by atoms with E-state index in [-0.39, 0.29) is 0 Å². The topological polar surface area (TPSA) is 6.48 Å². The maximum atomic E-state index is 12.3. The van der Waals surface area contributed by atoms with Crippen LogP contribution < -0.4 is 0 Å². The van der Waals surface area contributed by atoms with Crippen LogP contribution in [0.25, 0.3) is 0 Å². The minimum atomic E-state index is -4.10.